The van der Waals surface area contributed by atoms with Crippen molar-refractivity contribution in [2.75, 3.05) is 19.4 Å². The van der Waals surface area contributed by atoms with E-state index in [1.54, 1.807) is 19.5 Å². The van der Waals surface area contributed by atoms with Crippen molar-refractivity contribution < 1.29 is 9.53 Å². The predicted octanol–water partition coefficient (Wildman–Crippen LogP) is 3.20. The molecule has 0 aliphatic carbocycles. The number of hydrogen-bond acceptors (Lipinski definition) is 6. The molecule has 7 nitrogen and oxygen atoms in total. The summed E-state index contributed by atoms with van der Waals surface area (Å²) in [6, 6.07) is 11.4. The van der Waals surface area contributed by atoms with E-state index in [0.717, 1.165) is 17.0 Å². The summed E-state index contributed by atoms with van der Waals surface area (Å²) in [6.07, 6.45) is 3.45. The molecule has 0 saturated heterocycles. The van der Waals surface area contributed by atoms with Crippen LogP contribution >= 0.6 is 11.8 Å². The number of thioether (sulfide) groups is 1. The van der Waals surface area contributed by atoms with E-state index in [4.69, 9.17) is 4.74 Å². The zero-order valence-corrected chi connectivity index (χ0v) is 16.9. The second-order valence-electron chi connectivity index (χ2n) is 6.57. The lowest BCUT2D eigenvalue weighted by molar-refractivity contribution is -0.118. The smallest absolute Gasteiger partial charge is 0.230 e. The topological polar surface area (TPSA) is 81.9 Å². The fraction of sp³-hybridized carbons (Fsp3) is 0.300. The summed E-state index contributed by atoms with van der Waals surface area (Å²) in [5, 5.41) is 12.2. The number of nitrogens with zero attached hydrogens (tertiary/aromatic N) is 4. The Labute approximate surface area is 168 Å². The van der Waals surface area contributed by atoms with Crippen LogP contribution in [0.25, 0.3) is 17.1 Å². The molecule has 3 rings (SSSR count). The molecule has 2 heterocycles. The van der Waals surface area contributed by atoms with Crippen molar-refractivity contribution in [1.82, 2.24) is 25.1 Å². The van der Waals surface area contributed by atoms with E-state index in [2.05, 4.69) is 34.3 Å². The molecule has 146 valence electrons. The van der Waals surface area contributed by atoms with Crippen molar-refractivity contribution in [2.45, 2.75) is 19.0 Å². The van der Waals surface area contributed by atoms with Gasteiger partial charge in [-0.25, -0.2) is 0 Å². The molecule has 8 heteroatoms. The number of methoxy groups -OCH3 is 1. The number of amides is 1. The molecule has 0 aliphatic rings. The molecular weight excluding hydrogens is 374 g/mol. The van der Waals surface area contributed by atoms with Crippen LogP contribution in [0.3, 0.4) is 0 Å². The number of carbonyl (C=O) groups is 1. The monoisotopic (exact) mass is 397 g/mol. The van der Waals surface area contributed by atoms with Crippen LogP contribution in [-0.2, 0) is 4.79 Å². The molecule has 3 aromatic rings. The zero-order chi connectivity index (χ0) is 19.9. The van der Waals surface area contributed by atoms with Crippen LogP contribution in [0.4, 0.5) is 0 Å². The molecule has 0 fully saturated rings. The van der Waals surface area contributed by atoms with Crippen molar-refractivity contribution >= 4 is 17.7 Å². The third-order valence-electron chi connectivity index (χ3n) is 3.90. The first-order valence-corrected chi connectivity index (χ1v) is 9.96. The molecule has 0 saturated carbocycles. The molecule has 1 N–H and O–H groups in total. The highest BCUT2D eigenvalue weighted by molar-refractivity contribution is 7.99. The third kappa shape index (κ3) is 4.89. The minimum Gasteiger partial charge on any atom is -0.497 e. The zero-order valence-electron chi connectivity index (χ0n) is 16.1. The standard InChI is InChI=1S/C20H23N5O2S/c1-14(2)11-22-18(26)13-28-20-24-23-19(15-6-5-9-21-12-15)25(20)16-7-4-8-17(10-16)27-3/h4-10,12,14H,11,13H2,1-3H3,(H,22,26). The van der Waals surface area contributed by atoms with Gasteiger partial charge < -0.3 is 10.1 Å². The molecule has 1 amide bonds. The number of ether oxygens (including phenoxy) is 1. The Balaban J connectivity index is 1.92. The Bertz CT molecular complexity index is 927. The van der Waals surface area contributed by atoms with Crippen molar-refractivity contribution in [2.24, 2.45) is 5.92 Å². The van der Waals surface area contributed by atoms with Gasteiger partial charge in [0.2, 0.25) is 5.91 Å². The highest BCUT2D eigenvalue weighted by atomic mass is 32.2. The van der Waals surface area contributed by atoms with Gasteiger partial charge in [0.25, 0.3) is 0 Å². The van der Waals surface area contributed by atoms with Crippen LogP contribution in [0.1, 0.15) is 13.8 Å². The first-order valence-electron chi connectivity index (χ1n) is 8.98. The average Bonchev–Trinajstić information content (AvgIpc) is 3.15. The maximum absolute atomic E-state index is 12.1. The molecular formula is C20H23N5O2S. The summed E-state index contributed by atoms with van der Waals surface area (Å²) in [5.41, 5.74) is 1.70. The maximum atomic E-state index is 12.1. The number of rotatable bonds is 8. The van der Waals surface area contributed by atoms with Crippen LogP contribution in [0, 0.1) is 5.92 Å². The van der Waals surface area contributed by atoms with Gasteiger partial charge in [0.15, 0.2) is 11.0 Å². The molecule has 1 aromatic carbocycles. The number of pyridine rings is 1. The Morgan fingerprint density at radius 3 is 2.82 bits per heavy atom. The number of aromatic nitrogens is 4. The number of benzene rings is 1. The second-order valence-corrected chi connectivity index (χ2v) is 7.51. The lowest BCUT2D eigenvalue weighted by Crippen LogP contribution is -2.28. The fourth-order valence-corrected chi connectivity index (χ4v) is 3.31. The first kappa shape index (κ1) is 19.9. The summed E-state index contributed by atoms with van der Waals surface area (Å²) in [7, 11) is 1.63. The maximum Gasteiger partial charge on any atom is 0.230 e. The normalized spacial score (nSPS) is 10.9. The summed E-state index contributed by atoms with van der Waals surface area (Å²) in [4.78, 5) is 16.3. The van der Waals surface area contributed by atoms with E-state index in [-0.39, 0.29) is 11.7 Å². The van der Waals surface area contributed by atoms with Crippen LogP contribution in [0.15, 0.2) is 53.9 Å². The van der Waals surface area contributed by atoms with Gasteiger partial charge in [-0.15, -0.1) is 10.2 Å². The predicted molar refractivity (Wildman–Crippen MR) is 110 cm³/mol. The van der Waals surface area contributed by atoms with Crippen LogP contribution in [-0.4, -0.2) is 45.1 Å². The Morgan fingerprint density at radius 1 is 1.25 bits per heavy atom. The summed E-state index contributed by atoms with van der Waals surface area (Å²) < 4.78 is 7.27. The summed E-state index contributed by atoms with van der Waals surface area (Å²) in [6.45, 7) is 4.78. The minimum absolute atomic E-state index is 0.0261. The SMILES string of the molecule is COc1cccc(-n2c(SCC(=O)NCC(C)C)nnc2-c2cccnc2)c1. The van der Waals surface area contributed by atoms with Crippen LogP contribution in [0.2, 0.25) is 0 Å². The van der Waals surface area contributed by atoms with Crippen LogP contribution < -0.4 is 10.1 Å². The Kier molecular flexibility index (Phi) is 6.65. The van der Waals surface area contributed by atoms with Gasteiger partial charge in [-0.1, -0.05) is 31.7 Å². The molecule has 0 atom stereocenters. The summed E-state index contributed by atoms with van der Waals surface area (Å²) in [5.74, 6) is 2.04. The Morgan fingerprint density at radius 2 is 2.11 bits per heavy atom. The van der Waals surface area contributed by atoms with Gasteiger partial charge in [-0.3, -0.25) is 14.3 Å². The molecule has 0 unspecified atom stereocenters. The number of hydrogen-bond donors (Lipinski definition) is 1. The quantitative estimate of drug-likeness (QED) is 0.588. The van der Waals surface area contributed by atoms with E-state index in [1.807, 2.05) is 41.0 Å². The molecule has 0 bridgehead atoms. The van der Waals surface area contributed by atoms with Crippen molar-refractivity contribution in [3.8, 4) is 22.8 Å². The lowest BCUT2D eigenvalue weighted by atomic mass is 10.2. The number of nitrogens with one attached hydrogen (secondary N) is 1. The van der Waals surface area contributed by atoms with Crippen molar-refractivity contribution in [3.63, 3.8) is 0 Å². The van der Waals surface area contributed by atoms with E-state index in [1.165, 1.54) is 11.8 Å². The highest BCUT2D eigenvalue weighted by Crippen LogP contribution is 2.29. The Hall–Kier alpha value is -2.87. The van der Waals surface area contributed by atoms with E-state index in [9.17, 15) is 4.79 Å². The van der Waals surface area contributed by atoms with Crippen molar-refractivity contribution in [3.05, 3.63) is 48.8 Å². The first-order chi connectivity index (χ1) is 13.6. The number of carbonyl (C=O) groups excluding carboxylic acids is 1. The van der Waals surface area contributed by atoms with Gasteiger partial charge in [0, 0.05) is 30.6 Å². The van der Waals surface area contributed by atoms with Crippen LogP contribution in [0.5, 0.6) is 5.75 Å². The van der Waals surface area contributed by atoms with Gasteiger partial charge >= 0.3 is 0 Å². The average molecular weight is 398 g/mol. The largest absolute Gasteiger partial charge is 0.497 e. The van der Waals surface area contributed by atoms with Gasteiger partial charge in [0.05, 0.1) is 18.6 Å². The molecule has 28 heavy (non-hydrogen) atoms. The minimum atomic E-state index is -0.0261. The van der Waals surface area contributed by atoms with Gasteiger partial charge in [-0.2, -0.15) is 0 Å². The van der Waals surface area contributed by atoms with Gasteiger partial charge in [0.1, 0.15) is 5.75 Å². The molecule has 0 aliphatic heterocycles. The van der Waals surface area contributed by atoms with Gasteiger partial charge in [-0.05, 0) is 30.2 Å². The highest BCUT2D eigenvalue weighted by Gasteiger charge is 2.18. The third-order valence-corrected chi connectivity index (χ3v) is 4.83. The lowest BCUT2D eigenvalue weighted by Gasteiger charge is -2.12. The van der Waals surface area contributed by atoms with E-state index < -0.39 is 0 Å². The van der Waals surface area contributed by atoms with E-state index in [0.29, 0.717) is 23.4 Å². The molecule has 2 aromatic heterocycles. The van der Waals surface area contributed by atoms with Crippen molar-refractivity contribution in [1.29, 1.82) is 0 Å². The van der Waals surface area contributed by atoms with E-state index >= 15 is 0 Å². The molecule has 0 radical (unpaired) electrons. The summed E-state index contributed by atoms with van der Waals surface area (Å²) >= 11 is 1.35. The molecule has 0 spiro atoms. The fourth-order valence-electron chi connectivity index (χ4n) is 2.53. The second kappa shape index (κ2) is 9.36.